The summed E-state index contributed by atoms with van der Waals surface area (Å²) in [4.78, 5) is 26.1. The molecule has 0 saturated heterocycles. The third kappa shape index (κ3) is 5.94. The number of amides is 2. The minimum absolute atomic E-state index is 0.159. The Morgan fingerprint density at radius 1 is 1.12 bits per heavy atom. The number of carbonyl (C=O) groups excluding carboxylic acids is 2. The van der Waals surface area contributed by atoms with Crippen molar-refractivity contribution >= 4 is 35.2 Å². The lowest BCUT2D eigenvalue weighted by atomic mass is 10.1. The maximum absolute atomic E-state index is 13.0. The van der Waals surface area contributed by atoms with Crippen molar-refractivity contribution in [3.63, 3.8) is 0 Å². The van der Waals surface area contributed by atoms with E-state index in [1.807, 2.05) is 0 Å². The average molecular weight is 469 g/mol. The molecule has 6 nitrogen and oxygen atoms in total. The van der Waals surface area contributed by atoms with Gasteiger partial charge in [-0.2, -0.15) is 13.2 Å². The van der Waals surface area contributed by atoms with E-state index >= 15 is 0 Å². The number of alkyl halides is 3. The van der Waals surface area contributed by atoms with Gasteiger partial charge >= 0.3 is 6.18 Å². The van der Waals surface area contributed by atoms with Gasteiger partial charge in [0.2, 0.25) is 11.8 Å². The lowest BCUT2D eigenvalue weighted by Crippen LogP contribution is -2.36. The van der Waals surface area contributed by atoms with Crippen molar-refractivity contribution in [2.75, 3.05) is 31.6 Å². The molecule has 0 fully saturated rings. The van der Waals surface area contributed by atoms with Crippen molar-refractivity contribution in [3.05, 3.63) is 58.6 Å². The molecule has 3 rings (SSSR count). The quantitative estimate of drug-likeness (QED) is 0.628. The molecule has 0 aromatic heterocycles. The number of nitrogens with zero attached hydrogens (tertiary/aromatic N) is 1. The SMILES string of the molecule is CCN(CC(=O)Nc1ccc2c(c1)OCCO2)C(=O)/C=C/c1ccc(Cl)c(C(F)(F)F)c1. The van der Waals surface area contributed by atoms with E-state index in [1.54, 1.807) is 25.1 Å². The van der Waals surface area contributed by atoms with Gasteiger partial charge in [0.15, 0.2) is 11.5 Å². The van der Waals surface area contributed by atoms with Crippen LogP contribution in [0.4, 0.5) is 18.9 Å². The zero-order valence-electron chi connectivity index (χ0n) is 17.0. The van der Waals surface area contributed by atoms with E-state index in [0.717, 1.165) is 18.2 Å². The normalized spacial score (nSPS) is 13.2. The van der Waals surface area contributed by atoms with Gasteiger partial charge in [-0.25, -0.2) is 0 Å². The van der Waals surface area contributed by atoms with Gasteiger partial charge < -0.3 is 19.7 Å². The van der Waals surface area contributed by atoms with E-state index in [9.17, 15) is 22.8 Å². The molecule has 1 aliphatic heterocycles. The van der Waals surface area contributed by atoms with Crippen molar-refractivity contribution in [3.8, 4) is 11.5 Å². The molecule has 32 heavy (non-hydrogen) atoms. The molecule has 1 heterocycles. The van der Waals surface area contributed by atoms with Crippen LogP contribution in [0.2, 0.25) is 5.02 Å². The summed E-state index contributed by atoms with van der Waals surface area (Å²) >= 11 is 5.60. The monoisotopic (exact) mass is 468 g/mol. The summed E-state index contributed by atoms with van der Waals surface area (Å²) in [6.07, 6.45) is -2.24. The van der Waals surface area contributed by atoms with Gasteiger partial charge in [-0.15, -0.1) is 0 Å². The Hall–Kier alpha value is -3.20. The lowest BCUT2D eigenvalue weighted by molar-refractivity contribution is -0.137. The number of halogens is 4. The van der Waals surface area contributed by atoms with Crippen LogP contribution in [-0.4, -0.2) is 43.0 Å². The van der Waals surface area contributed by atoms with Crippen LogP contribution >= 0.6 is 11.6 Å². The number of rotatable bonds is 6. The summed E-state index contributed by atoms with van der Waals surface area (Å²) in [7, 11) is 0. The predicted molar refractivity (Wildman–Crippen MR) is 114 cm³/mol. The molecule has 170 valence electrons. The van der Waals surface area contributed by atoms with E-state index in [1.165, 1.54) is 17.0 Å². The molecular formula is C22H20ClF3N2O4. The first-order valence-electron chi connectivity index (χ1n) is 9.70. The van der Waals surface area contributed by atoms with Crippen LogP contribution in [0.1, 0.15) is 18.1 Å². The van der Waals surface area contributed by atoms with Crippen LogP contribution in [-0.2, 0) is 15.8 Å². The number of fused-ring (bicyclic) bond motifs is 1. The zero-order valence-corrected chi connectivity index (χ0v) is 17.8. The van der Waals surface area contributed by atoms with E-state index in [-0.39, 0.29) is 18.7 Å². The third-order valence-corrected chi connectivity index (χ3v) is 4.90. The molecule has 2 aromatic carbocycles. The van der Waals surface area contributed by atoms with Gasteiger partial charge in [-0.3, -0.25) is 9.59 Å². The molecule has 0 aliphatic carbocycles. The molecule has 0 spiro atoms. The van der Waals surface area contributed by atoms with Crippen molar-refractivity contribution in [2.45, 2.75) is 13.1 Å². The maximum atomic E-state index is 13.0. The summed E-state index contributed by atoms with van der Waals surface area (Å²) in [6.45, 7) is 2.54. The first-order valence-corrected chi connectivity index (χ1v) is 10.1. The molecule has 0 unspecified atom stereocenters. The van der Waals surface area contributed by atoms with E-state index in [2.05, 4.69) is 5.32 Å². The number of hydrogen-bond donors (Lipinski definition) is 1. The summed E-state index contributed by atoms with van der Waals surface area (Å²) in [5.41, 5.74) is -0.342. The second-order valence-electron chi connectivity index (χ2n) is 6.83. The van der Waals surface area contributed by atoms with Crippen LogP contribution in [0, 0.1) is 0 Å². The van der Waals surface area contributed by atoms with Gasteiger partial charge in [-0.1, -0.05) is 17.7 Å². The van der Waals surface area contributed by atoms with Crippen molar-refractivity contribution in [1.29, 1.82) is 0 Å². The number of likely N-dealkylation sites (N-methyl/N-ethyl adjacent to an activating group) is 1. The number of carbonyl (C=O) groups is 2. The van der Waals surface area contributed by atoms with Crippen LogP contribution in [0.25, 0.3) is 6.08 Å². The van der Waals surface area contributed by atoms with E-state index in [4.69, 9.17) is 21.1 Å². The van der Waals surface area contributed by atoms with Crippen LogP contribution < -0.4 is 14.8 Å². The van der Waals surface area contributed by atoms with E-state index in [0.29, 0.717) is 30.4 Å². The zero-order chi connectivity index (χ0) is 23.3. The highest BCUT2D eigenvalue weighted by Gasteiger charge is 2.33. The summed E-state index contributed by atoms with van der Waals surface area (Å²) in [5.74, 6) is 0.145. The number of hydrogen-bond acceptors (Lipinski definition) is 4. The Kier molecular flexibility index (Phi) is 7.29. The third-order valence-electron chi connectivity index (χ3n) is 4.57. The molecule has 0 bridgehead atoms. The fraction of sp³-hybridized carbons (Fsp3) is 0.273. The van der Waals surface area contributed by atoms with Crippen molar-refractivity contribution < 1.29 is 32.2 Å². The minimum Gasteiger partial charge on any atom is -0.486 e. The highest BCUT2D eigenvalue weighted by atomic mass is 35.5. The molecule has 0 radical (unpaired) electrons. The van der Waals surface area contributed by atoms with Crippen molar-refractivity contribution in [1.82, 2.24) is 4.90 Å². The summed E-state index contributed by atoms with van der Waals surface area (Å²) in [5, 5.41) is 2.26. The predicted octanol–water partition coefficient (Wildman–Crippen LogP) is 4.63. The highest BCUT2D eigenvalue weighted by Crippen LogP contribution is 2.35. The Balaban J connectivity index is 1.63. The smallest absolute Gasteiger partial charge is 0.417 e. The largest absolute Gasteiger partial charge is 0.486 e. The number of benzene rings is 2. The van der Waals surface area contributed by atoms with E-state index < -0.39 is 28.6 Å². The molecule has 1 N–H and O–H groups in total. The molecule has 1 aliphatic rings. The van der Waals surface area contributed by atoms with Crippen LogP contribution in [0.5, 0.6) is 11.5 Å². The number of nitrogens with one attached hydrogen (secondary N) is 1. The minimum atomic E-state index is -4.60. The van der Waals surface area contributed by atoms with Crippen LogP contribution in [0.15, 0.2) is 42.5 Å². The number of anilines is 1. The molecule has 10 heteroatoms. The second kappa shape index (κ2) is 9.95. The van der Waals surface area contributed by atoms with Gasteiger partial charge in [0.25, 0.3) is 0 Å². The van der Waals surface area contributed by atoms with Gasteiger partial charge in [0, 0.05) is 24.4 Å². The van der Waals surface area contributed by atoms with Crippen molar-refractivity contribution in [2.24, 2.45) is 0 Å². The first kappa shape index (κ1) is 23.5. The standard InChI is InChI=1S/C22H20ClF3N2O4/c1-2-28(13-20(29)27-15-5-7-18-19(12-15)32-10-9-31-18)21(30)8-4-14-3-6-17(23)16(11-14)22(24,25)26/h3-8,11-12H,2,9-10,13H2,1H3,(H,27,29)/b8-4+. The number of ether oxygens (including phenoxy) is 2. The Morgan fingerprint density at radius 3 is 2.53 bits per heavy atom. The molecular weight excluding hydrogens is 449 g/mol. The fourth-order valence-electron chi connectivity index (χ4n) is 2.98. The Morgan fingerprint density at radius 2 is 1.84 bits per heavy atom. The summed E-state index contributed by atoms with van der Waals surface area (Å²) < 4.78 is 49.8. The first-order chi connectivity index (χ1) is 15.2. The topological polar surface area (TPSA) is 67.9 Å². The maximum Gasteiger partial charge on any atom is 0.417 e. The average Bonchev–Trinajstić information content (AvgIpc) is 2.75. The summed E-state index contributed by atoms with van der Waals surface area (Å²) in [6, 6.07) is 8.30. The van der Waals surface area contributed by atoms with Gasteiger partial charge in [0.1, 0.15) is 19.8 Å². The molecule has 2 amide bonds. The Bertz CT molecular complexity index is 1040. The highest BCUT2D eigenvalue weighted by molar-refractivity contribution is 6.31. The molecule has 0 saturated carbocycles. The second-order valence-corrected chi connectivity index (χ2v) is 7.24. The lowest BCUT2D eigenvalue weighted by Gasteiger charge is -2.20. The van der Waals surface area contributed by atoms with Gasteiger partial charge in [0.05, 0.1) is 10.6 Å². The Labute approximate surface area is 187 Å². The van der Waals surface area contributed by atoms with Crippen LogP contribution in [0.3, 0.4) is 0 Å². The fourth-order valence-corrected chi connectivity index (χ4v) is 3.20. The molecule has 0 atom stereocenters. The molecule has 2 aromatic rings. The van der Waals surface area contributed by atoms with Gasteiger partial charge in [-0.05, 0) is 42.8 Å².